The number of aryl methyl sites for hydroxylation is 1. The van der Waals surface area contributed by atoms with Gasteiger partial charge in [-0.15, -0.1) is 0 Å². The summed E-state index contributed by atoms with van der Waals surface area (Å²) in [6.45, 7) is 9.44. The lowest BCUT2D eigenvalue weighted by Crippen LogP contribution is -2.46. The average Bonchev–Trinajstić information content (AvgIpc) is 2.38. The van der Waals surface area contributed by atoms with Gasteiger partial charge in [0.25, 0.3) is 5.56 Å². The Morgan fingerprint density at radius 2 is 1.90 bits per heavy atom. The molecule has 3 unspecified atom stereocenters. The van der Waals surface area contributed by atoms with Crippen molar-refractivity contribution in [2.24, 2.45) is 11.8 Å². The fourth-order valence-corrected chi connectivity index (χ4v) is 3.01. The molecule has 0 spiro atoms. The van der Waals surface area contributed by atoms with Crippen molar-refractivity contribution >= 4 is 5.91 Å². The van der Waals surface area contributed by atoms with E-state index in [0.717, 1.165) is 25.2 Å². The van der Waals surface area contributed by atoms with Crippen LogP contribution in [0.1, 0.15) is 38.9 Å². The first-order valence-electron chi connectivity index (χ1n) is 7.23. The number of piperidine rings is 1. The van der Waals surface area contributed by atoms with Gasteiger partial charge in [-0.05, 0) is 38.2 Å². The number of hydrogen-bond acceptors (Lipinski definition) is 3. The minimum absolute atomic E-state index is 0.0106. The van der Waals surface area contributed by atoms with Crippen LogP contribution in [0.4, 0.5) is 0 Å². The predicted octanol–water partition coefficient (Wildman–Crippen LogP) is 1.62. The first kappa shape index (κ1) is 14.8. The summed E-state index contributed by atoms with van der Waals surface area (Å²) in [5.74, 6) is 1.01. The van der Waals surface area contributed by atoms with E-state index in [-0.39, 0.29) is 11.5 Å². The van der Waals surface area contributed by atoms with E-state index >= 15 is 0 Å². The summed E-state index contributed by atoms with van der Waals surface area (Å²) in [4.78, 5) is 26.3. The highest BCUT2D eigenvalue weighted by molar-refractivity contribution is 5.80. The van der Waals surface area contributed by atoms with Gasteiger partial charge in [-0.25, -0.2) is 4.68 Å². The van der Waals surface area contributed by atoms with E-state index in [0.29, 0.717) is 11.8 Å². The smallest absolute Gasteiger partial charge is 0.267 e. The minimum atomic E-state index is -0.542. The molecule has 1 aliphatic heterocycles. The summed E-state index contributed by atoms with van der Waals surface area (Å²) in [6, 6.07) is 2.59. The zero-order chi connectivity index (χ0) is 14.9. The number of rotatable bonds is 2. The molecule has 0 N–H and O–H groups in total. The van der Waals surface area contributed by atoms with Gasteiger partial charge in [0, 0.05) is 19.2 Å². The van der Waals surface area contributed by atoms with Crippen LogP contribution in [0.5, 0.6) is 0 Å². The van der Waals surface area contributed by atoms with E-state index in [4.69, 9.17) is 0 Å². The van der Waals surface area contributed by atoms with Crippen LogP contribution in [0.25, 0.3) is 0 Å². The Kier molecular flexibility index (Phi) is 4.26. The molecule has 0 aromatic carbocycles. The molecule has 0 bridgehead atoms. The van der Waals surface area contributed by atoms with Gasteiger partial charge in [0.2, 0.25) is 5.91 Å². The summed E-state index contributed by atoms with van der Waals surface area (Å²) in [5.41, 5.74) is 0.513. The van der Waals surface area contributed by atoms with Crippen molar-refractivity contribution in [1.29, 1.82) is 0 Å². The Bertz CT molecular complexity index is 542. The summed E-state index contributed by atoms with van der Waals surface area (Å²) < 4.78 is 1.29. The summed E-state index contributed by atoms with van der Waals surface area (Å²) in [7, 11) is 0. The monoisotopic (exact) mass is 277 g/mol. The molecule has 5 heteroatoms. The molecule has 110 valence electrons. The quantitative estimate of drug-likeness (QED) is 0.825. The minimum Gasteiger partial charge on any atom is -0.340 e. The summed E-state index contributed by atoms with van der Waals surface area (Å²) in [6.07, 6.45) is 1.15. The van der Waals surface area contributed by atoms with Crippen LogP contribution in [0.3, 0.4) is 0 Å². The number of nitrogens with zero attached hydrogens (tertiary/aromatic N) is 3. The van der Waals surface area contributed by atoms with Gasteiger partial charge in [0.05, 0.1) is 5.69 Å². The highest BCUT2D eigenvalue weighted by Crippen LogP contribution is 2.22. The maximum Gasteiger partial charge on any atom is 0.267 e. The van der Waals surface area contributed by atoms with Gasteiger partial charge in [0.1, 0.15) is 6.04 Å². The van der Waals surface area contributed by atoms with Crippen LogP contribution in [0.15, 0.2) is 16.9 Å². The lowest BCUT2D eigenvalue weighted by molar-refractivity contribution is -0.137. The van der Waals surface area contributed by atoms with Crippen molar-refractivity contribution < 1.29 is 4.79 Å². The van der Waals surface area contributed by atoms with Crippen LogP contribution < -0.4 is 5.56 Å². The number of amides is 1. The Morgan fingerprint density at radius 1 is 1.30 bits per heavy atom. The third-order valence-corrected chi connectivity index (χ3v) is 3.86. The second-order valence-electron chi connectivity index (χ2n) is 6.12. The Morgan fingerprint density at radius 3 is 2.50 bits per heavy atom. The summed E-state index contributed by atoms with van der Waals surface area (Å²) in [5, 5.41) is 4.18. The van der Waals surface area contributed by atoms with Crippen molar-refractivity contribution in [1.82, 2.24) is 14.7 Å². The van der Waals surface area contributed by atoms with Crippen LogP contribution in [-0.2, 0) is 4.79 Å². The van der Waals surface area contributed by atoms with Gasteiger partial charge >= 0.3 is 0 Å². The molecule has 1 saturated heterocycles. The van der Waals surface area contributed by atoms with Crippen molar-refractivity contribution in [2.45, 2.75) is 40.2 Å². The molecule has 2 rings (SSSR count). The number of aromatic nitrogens is 2. The van der Waals surface area contributed by atoms with E-state index in [2.05, 4.69) is 18.9 Å². The molecule has 5 nitrogen and oxygen atoms in total. The van der Waals surface area contributed by atoms with E-state index in [1.54, 1.807) is 13.0 Å². The molecule has 1 aromatic rings. The molecule has 20 heavy (non-hydrogen) atoms. The first-order chi connectivity index (χ1) is 9.38. The zero-order valence-corrected chi connectivity index (χ0v) is 12.7. The Labute approximate surface area is 119 Å². The third-order valence-electron chi connectivity index (χ3n) is 3.86. The standard InChI is InChI=1S/C15H23N3O2/c1-10-7-11(2)9-17(8-10)15(20)13(4)18-14(19)6-5-12(3)16-18/h5-6,10-11,13H,7-9H2,1-4H3. The molecule has 1 fully saturated rings. The van der Waals surface area contributed by atoms with Crippen molar-refractivity contribution in [2.75, 3.05) is 13.1 Å². The average molecular weight is 277 g/mol. The van der Waals surface area contributed by atoms with Crippen molar-refractivity contribution in [3.8, 4) is 0 Å². The van der Waals surface area contributed by atoms with Gasteiger partial charge in [-0.2, -0.15) is 5.10 Å². The van der Waals surface area contributed by atoms with Gasteiger partial charge < -0.3 is 4.90 Å². The largest absolute Gasteiger partial charge is 0.340 e. The van der Waals surface area contributed by atoms with E-state index < -0.39 is 6.04 Å². The normalized spacial score (nSPS) is 24.5. The molecule has 1 aromatic heterocycles. The van der Waals surface area contributed by atoms with Crippen LogP contribution in [-0.4, -0.2) is 33.7 Å². The second-order valence-corrected chi connectivity index (χ2v) is 6.12. The van der Waals surface area contributed by atoms with E-state index in [1.165, 1.54) is 10.7 Å². The lowest BCUT2D eigenvalue weighted by atomic mass is 9.91. The highest BCUT2D eigenvalue weighted by atomic mass is 16.2. The fourth-order valence-electron chi connectivity index (χ4n) is 3.01. The molecule has 1 aliphatic rings. The van der Waals surface area contributed by atoms with Gasteiger partial charge in [-0.1, -0.05) is 13.8 Å². The molecular formula is C15H23N3O2. The van der Waals surface area contributed by atoms with E-state index in [1.807, 2.05) is 11.8 Å². The van der Waals surface area contributed by atoms with Crippen molar-refractivity contribution in [3.63, 3.8) is 0 Å². The Balaban J connectivity index is 2.20. The number of hydrogen-bond donors (Lipinski definition) is 0. The van der Waals surface area contributed by atoms with Crippen LogP contribution in [0, 0.1) is 18.8 Å². The molecule has 0 radical (unpaired) electrons. The SMILES string of the molecule is Cc1ccc(=O)n(C(C)C(=O)N2CC(C)CC(C)C2)n1. The van der Waals surface area contributed by atoms with Gasteiger partial charge in [0.15, 0.2) is 0 Å². The van der Waals surface area contributed by atoms with Crippen LogP contribution in [0.2, 0.25) is 0 Å². The molecule has 3 atom stereocenters. The molecular weight excluding hydrogens is 254 g/mol. The third kappa shape index (κ3) is 3.08. The first-order valence-corrected chi connectivity index (χ1v) is 7.23. The number of carbonyl (C=O) groups excluding carboxylic acids is 1. The molecule has 0 saturated carbocycles. The lowest BCUT2D eigenvalue weighted by Gasteiger charge is -2.36. The topological polar surface area (TPSA) is 55.2 Å². The van der Waals surface area contributed by atoms with E-state index in [9.17, 15) is 9.59 Å². The van der Waals surface area contributed by atoms with Gasteiger partial charge in [-0.3, -0.25) is 9.59 Å². The maximum atomic E-state index is 12.6. The predicted molar refractivity (Wildman–Crippen MR) is 77.5 cm³/mol. The fraction of sp³-hybridized carbons (Fsp3) is 0.667. The summed E-state index contributed by atoms with van der Waals surface area (Å²) >= 11 is 0. The molecule has 0 aliphatic carbocycles. The van der Waals surface area contributed by atoms with Crippen LogP contribution >= 0.6 is 0 Å². The highest BCUT2D eigenvalue weighted by Gasteiger charge is 2.29. The Hall–Kier alpha value is -1.65. The van der Waals surface area contributed by atoms with Crippen molar-refractivity contribution in [3.05, 3.63) is 28.2 Å². The number of carbonyl (C=O) groups is 1. The second kappa shape index (κ2) is 5.77. The molecule has 2 heterocycles. The number of likely N-dealkylation sites (tertiary alicyclic amines) is 1. The maximum absolute atomic E-state index is 12.6. The molecule has 1 amide bonds. The zero-order valence-electron chi connectivity index (χ0n) is 12.7.